The quantitative estimate of drug-likeness (QED) is 0.231. The summed E-state index contributed by atoms with van der Waals surface area (Å²) in [5.74, 6) is 0.0333. The number of rotatable bonds is 14. The minimum absolute atomic E-state index is 0.00102. The predicted octanol–water partition coefficient (Wildman–Crippen LogP) is 0.260. The van der Waals surface area contributed by atoms with Crippen LogP contribution in [0.3, 0.4) is 0 Å². The maximum Gasteiger partial charge on any atom is 0.294 e. The number of hydrogen-bond donors (Lipinski definition) is 2. The van der Waals surface area contributed by atoms with Gasteiger partial charge in [0.05, 0.1) is 19.4 Å². The van der Waals surface area contributed by atoms with Gasteiger partial charge in [0.25, 0.3) is 5.09 Å². The number of amides is 1. The van der Waals surface area contributed by atoms with E-state index in [4.69, 9.17) is 9.47 Å². The Labute approximate surface area is 174 Å². The second kappa shape index (κ2) is 12.1. The second-order valence-electron chi connectivity index (χ2n) is 6.61. The van der Waals surface area contributed by atoms with E-state index in [1.165, 1.54) is 17.0 Å². The average Bonchev–Trinajstić information content (AvgIpc) is 2.63. The fourth-order valence-electron chi connectivity index (χ4n) is 2.32. The average molecular weight is 449 g/mol. The number of aliphatic hydroxyl groups is 1. The van der Waals surface area contributed by atoms with Crippen molar-refractivity contribution in [3.05, 3.63) is 34.4 Å². The van der Waals surface area contributed by atoms with Crippen molar-refractivity contribution in [2.45, 2.75) is 26.0 Å². The van der Waals surface area contributed by atoms with E-state index in [-0.39, 0.29) is 44.9 Å². The summed E-state index contributed by atoms with van der Waals surface area (Å²) in [5.41, 5.74) is 0.380. The van der Waals surface area contributed by atoms with E-state index >= 15 is 0 Å². The van der Waals surface area contributed by atoms with Gasteiger partial charge in [-0.3, -0.25) is 9.52 Å². The van der Waals surface area contributed by atoms with Crippen LogP contribution in [0.5, 0.6) is 5.75 Å². The van der Waals surface area contributed by atoms with Crippen LogP contribution in [0.15, 0.2) is 24.3 Å². The molecule has 0 saturated heterocycles. The largest absolute Gasteiger partial charge is 0.491 e. The van der Waals surface area contributed by atoms with Crippen molar-refractivity contribution < 1.29 is 37.7 Å². The molecule has 1 unspecified atom stereocenters. The SMILES string of the molecule is CC(C)N(CC(O)COc1ccc(NS(C)(=O)=O)cc1)C(=O)COCCO[N+](=O)[O-]. The molecule has 30 heavy (non-hydrogen) atoms. The maximum absolute atomic E-state index is 12.3. The molecule has 0 fully saturated rings. The molecule has 1 rings (SSSR count). The highest BCUT2D eigenvalue weighted by atomic mass is 32.2. The van der Waals surface area contributed by atoms with Crippen LogP contribution in [-0.4, -0.2) is 80.8 Å². The summed E-state index contributed by atoms with van der Waals surface area (Å²) >= 11 is 0. The first-order chi connectivity index (χ1) is 14.0. The van der Waals surface area contributed by atoms with Crippen LogP contribution >= 0.6 is 0 Å². The smallest absolute Gasteiger partial charge is 0.294 e. The van der Waals surface area contributed by atoms with Crippen molar-refractivity contribution >= 4 is 21.6 Å². The van der Waals surface area contributed by atoms with Gasteiger partial charge in [0, 0.05) is 11.7 Å². The Balaban J connectivity index is 2.46. The summed E-state index contributed by atoms with van der Waals surface area (Å²) in [5, 5.41) is 19.3. The second-order valence-corrected chi connectivity index (χ2v) is 8.36. The van der Waals surface area contributed by atoms with Crippen molar-refractivity contribution in [3.8, 4) is 5.75 Å². The van der Waals surface area contributed by atoms with E-state index in [1.54, 1.807) is 26.0 Å². The molecule has 0 saturated carbocycles. The first kappa shape index (κ1) is 25.4. The number of benzene rings is 1. The topological polar surface area (TPSA) is 158 Å². The zero-order valence-corrected chi connectivity index (χ0v) is 17.8. The van der Waals surface area contributed by atoms with E-state index in [9.17, 15) is 28.4 Å². The molecule has 170 valence electrons. The van der Waals surface area contributed by atoms with Crippen LogP contribution in [0.4, 0.5) is 5.69 Å². The molecule has 2 N–H and O–H groups in total. The Morgan fingerprint density at radius 2 is 1.90 bits per heavy atom. The minimum Gasteiger partial charge on any atom is -0.491 e. The Morgan fingerprint density at radius 1 is 1.27 bits per heavy atom. The molecule has 0 bridgehead atoms. The molecule has 0 heterocycles. The number of aliphatic hydroxyl groups excluding tert-OH is 1. The molecule has 0 aliphatic rings. The predicted molar refractivity (Wildman–Crippen MR) is 107 cm³/mol. The summed E-state index contributed by atoms with van der Waals surface area (Å²) in [6, 6.07) is 5.92. The van der Waals surface area contributed by atoms with E-state index in [0.717, 1.165) is 6.26 Å². The van der Waals surface area contributed by atoms with Gasteiger partial charge in [-0.25, -0.2) is 8.42 Å². The van der Waals surface area contributed by atoms with Crippen LogP contribution in [0.25, 0.3) is 0 Å². The first-order valence-electron chi connectivity index (χ1n) is 9.01. The number of nitrogens with one attached hydrogen (secondary N) is 1. The third-order valence-electron chi connectivity index (χ3n) is 3.60. The van der Waals surface area contributed by atoms with Gasteiger partial charge in [0.2, 0.25) is 15.9 Å². The van der Waals surface area contributed by atoms with Crippen molar-refractivity contribution in [2.24, 2.45) is 0 Å². The highest BCUT2D eigenvalue weighted by molar-refractivity contribution is 7.92. The van der Waals surface area contributed by atoms with Crippen molar-refractivity contribution in [3.63, 3.8) is 0 Å². The third-order valence-corrected chi connectivity index (χ3v) is 4.21. The summed E-state index contributed by atoms with van der Waals surface area (Å²) in [6.45, 7) is 2.75. The standard InChI is InChI=1S/C17H27N3O9S/c1-13(2)19(17(22)12-27-8-9-29-20(23)24)10-15(21)11-28-16-6-4-14(5-7-16)18-30(3,25)26/h4-7,13,15,18,21H,8-12H2,1-3H3. The number of nitrogens with zero attached hydrogens (tertiary/aromatic N) is 2. The van der Waals surface area contributed by atoms with Gasteiger partial charge in [-0.05, 0) is 38.1 Å². The number of carbonyl (C=O) groups excluding carboxylic acids is 1. The Hall–Kier alpha value is -2.64. The van der Waals surface area contributed by atoms with Gasteiger partial charge in [-0.1, -0.05) is 0 Å². The van der Waals surface area contributed by atoms with E-state index in [0.29, 0.717) is 11.4 Å². The van der Waals surface area contributed by atoms with Crippen molar-refractivity contribution in [1.29, 1.82) is 0 Å². The molecule has 1 aromatic rings. The molecule has 13 heteroatoms. The maximum atomic E-state index is 12.3. The van der Waals surface area contributed by atoms with Gasteiger partial charge in [0.1, 0.15) is 31.7 Å². The highest BCUT2D eigenvalue weighted by Gasteiger charge is 2.21. The van der Waals surface area contributed by atoms with Crippen LogP contribution in [0, 0.1) is 10.1 Å². The molecule has 1 aromatic carbocycles. The molecule has 1 amide bonds. The normalized spacial score (nSPS) is 12.3. The highest BCUT2D eigenvalue weighted by Crippen LogP contribution is 2.16. The number of carbonyl (C=O) groups is 1. The van der Waals surface area contributed by atoms with Crippen LogP contribution in [0.1, 0.15) is 13.8 Å². The van der Waals surface area contributed by atoms with Gasteiger partial charge in [-0.2, -0.15) is 0 Å². The number of anilines is 1. The summed E-state index contributed by atoms with van der Waals surface area (Å²) in [6.07, 6.45) is 0.0593. The van der Waals surface area contributed by atoms with Crippen LogP contribution < -0.4 is 9.46 Å². The molecule has 0 aliphatic carbocycles. The number of hydrogen-bond acceptors (Lipinski definition) is 9. The molecular weight excluding hydrogens is 422 g/mol. The van der Waals surface area contributed by atoms with Gasteiger partial charge >= 0.3 is 0 Å². The summed E-state index contributed by atoms with van der Waals surface area (Å²) in [4.78, 5) is 27.8. The minimum atomic E-state index is -3.37. The summed E-state index contributed by atoms with van der Waals surface area (Å²) < 4.78 is 35.2. The molecule has 0 aromatic heterocycles. The third kappa shape index (κ3) is 10.8. The monoisotopic (exact) mass is 449 g/mol. The number of ether oxygens (including phenoxy) is 2. The van der Waals surface area contributed by atoms with Crippen molar-refractivity contribution in [1.82, 2.24) is 4.90 Å². The fourth-order valence-corrected chi connectivity index (χ4v) is 2.88. The van der Waals surface area contributed by atoms with E-state index in [1.807, 2.05) is 0 Å². The van der Waals surface area contributed by atoms with Crippen LogP contribution in [-0.2, 0) is 24.4 Å². The first-order valence-corrected chi connectivity index (χ1v) is 10.9. The zero-order chi connectivity index (χ0) is 22.7. The Bertz CT molecular complexity index is 784. The lowest BCUT2D eigenvalue weighted by Crippen LogP contribution is -2.45. The lowest BCUT2D eigenvalue weighted by atomic mass is 10.2. The van der Waals surface area contributed by atoms with Gasteiger partial charge < -0.3 is 24.3 Å². The molecule has 0 radical (unpaired) electrons. The fraction of sp³-hybridized carbons (Fsp3) is 0.588. The Morgan fingerprint density at radius 3 is 2.43 bits per heavy atom. The molecule has 12 nitrogen and oxygen atoms in total. The molecule has 0 aliphatic heterocycles. The molecule has 0 spiro atoms. The van der Waals surface area contributed by atoms with Crippen LogP contribution in [0.2, 0.25) is 0 Å². The van der Waals surface area contributed by atoms with Gasteiger partial charge in [0.15, 0.2) is 0 Å². The van der Waals surface area contributed by atoms with E-state index in [2.05, 4.69) is 9.56 Å². The lowest BCUT2D eigenvalue weighted by Gasteiger charge is -2.29. The molecule has 1 atom stereocenters. The number of sulfonamides is 1. The lowest BCUT2D eigenvalue weighted by molar-refractivity contribution is -0.758. The Kier molecular flexibility index (Phi) is 10.3. The van der Waals surface area contributed by atoms with Gasteiger partial charge in [-0.15, -0.1) is 10.1 Å². The molecular formula is C17H27N3O9S. The van der Waals surface area contributed by atoms with E-state index < -0.39 is 21.2 Å². The zero-order valence-electron chi connectivity index (χ0n) is 17.0. The summed E-state index contributed by atoms with van der Waals surface area (Å²) in [7, 11) is -3.37. The van der Waals surface area contributed by atoms with Crippen molar-refractivity contribution in [2.75, 3.05) is 44.0 Å².